The molecular weight excluding hydrogens is 275 g/mol. The van der Waals surface area contributed by atoms with Crippen LogP contribution >= 0.6 is 22.9 Å². The van der Waals surface area contributed by atoms with Crippen LogP contribution in [0.15, 0.2) is 30.3 Å². The summed E-state index contributed by atoms with van der Waals surface area (Å²) < 4.78 is 18.6. The number of ether oxygens (including phenoxy) is 1. The molecule has 1 aromatic carbocycles. The van der Waals surface area contributed by atoms with Gasteiger partial charge in [0, 0.05) is 4.88 Å². The van der Waals surface area contributed by atoms with E-state index in [0.29, 0.717) is 4.88 Å². The Balaban J connectivity index is 2.04. The average molecular weight is 285 g/mol. The van der Waals surface area contributed by atoms with Gasteiger partial charge in [-0.2, -0.15) is 0 Å². The lowest BCUT2D eigenvalue weighted by Gasteiger charge is -2.06. The number of rotatable bonds is 4. The van der Waals surface area contributed by atoms with E-state index in [1.807, 2.05) is 13.0 Å². The number of Topliss-reactive ketones (excluding diaryl/α,β-unsaturated/α-hetero) is 1. The van der Waals surface area contributed by atoms with E-state index < -0.39 is 5.82 Å². The Labute approximate surface area is 113 Å². The largest absolute Gasteiger partial charge is 0.482 e. The van der Waals surface area contributed by atoms with Gasteiger partial charge >= 0.3 is 0 Å². The van der Waals surface area contributed by atoms with Gasteiger partial charge in [0.05, 0.1) is 9.90 Å². The van der Waals surface area contributed by atoms with Gasteiger partial charge in [0.15, 0.2) is 18.2 Å². The van der Waals surface area contributed by atoms with Gasteiger partial charge in [0.1, 0.15) is 0 Å². The predicted octanol–water partition coefficient (Wildman–Crippen LogP) is 4.11. The maximum atomic E-state index is 13.5. The maximum absolute atomic E-state index is 13.5. The van der Waals surface area contributed by atoms with Gasteiger partial charge in [-0.25, -0.2) is 4.39 Å². The van der Waals surface area contributed by atoms with E-state index in [-0.39, 0.29) is 23.2 Å². The normalized spacial score (nSPS) is 10.4. The third kappa shape index (κ3) is 2.89. The number of aryl methyl sites for hydroxylation is 1. The van der Waals surface area contributed by atoms with Crippen molar-refractivity contribution in [2.75, 3.05) is 6.61 Å². The molecule has 0 spiro atoms. The zero-order chi connectivity index (χ0) is 13.1. The van der Waals surface area contributed by atoms with Gasteiger partial charge in [-0.3, -0.25) is 4.79 Å². The quantitative estimate of drug-likeness (QED) is 0.790. The third-order valence-electron chi connectivity index (χ3n) is 2.29. The molecule has 0 bridgehead atoms. The van der Waals surface area contributed by atoms with E-state index in [2.05, 4.69) is 0 Å². The highest BCUT2D eigenvalue weighted by molar-refractivity contribution is 7.14. The first-order chi connectivity index (χ1) is 8.58. The number of carbonyl (C=O) groups excluding carboxylic acids is 1. The first-order valence-electron chi connectivity index (χ1n) is 5.24. The summed E-state index contributed by atoms with van der Waals surface area (Å²) in [6.07, 6.45) is 0. The van der Waals surface area contributed by atoms with E-state index in [0.717, 1.165) is 4.88 Å². The van der Waals surface area contributed by atoms with Crippen molar-refractivity contribution in [3.8, 4) is 5.75 Å². The summed E-state index contributed by atoms with van der Waals surface area (Å²) >= 11 is 7.00. The average Bonchev–Trinajstić information content (AvgIpc) is 2.77. The van der Waals surface area contributed by atoms with Crippen molar-refractivity contribution < 1.29 is 13.9 Å². The van der Waals surface area contributed by atoms with Gasteiger partial charge in [-0.15, -0.1) is 11.3 Å². The topological polar surface area (TPSA) is 26.3 Å². The van der Waals surface area contributed by atoms with Crippen LogP contribution in [0.3, 0.4) is 0 Å². The van der Waals surface area contributed by atoms with Crippen molar-refractivity contribution in [2.24, 2.45) is 0 Å². The minimum absolute atomic E-state index is 0.0101. The molecule has 1 aromatic heterocycles. The number of hydrogen-bond acceptors (Lipinski definition) is 3. The van der Waals surface area contributed by atoms with Gasteiger partial charge < -0.3 is 4.74 Å². The zero-order valence-corrected chi connectivity index (χ0v) is 11.1. The summed E-state index contributed by atoms with van der Waals surface area (Å²) in [5.41, 5.74) is 0. The van der Waals surface area contributed by atoms with Crippen LogP contribution < -0.4 is 4.74 Å². The van der Waals surface area contributed by atoms with Crippen molar-refractivity contribution in [3.63, 3.8) is 0 Å². The monoisotopic (exact) mass is 284 g/mol. The molecule has 18 heavy (non-hydrogen) atoms. The molecule has 0 saturated heterocycles. The number of ketones is 1. The molecule has 0 aliphatic rings. The summed E-state index contributed by atoms with van der Waals surface area (Å²) in [7, 11) is 0. The Morgan fingerprint density at radius 1 is 1.39 bits per heavy atom. The lowest BCUT2D eigenvalue weighted by Crippen LogP contribution is -2.10. The lowest BCUT2D eigenvalue weighted by molar-refractivity contribution is 0.0923. The summed E-state index contributed by atoms with van der Waals surface area (Å²) in [4.78, 5) is 13.4. The van der Waals surface area contributed by atoms with Crippen LogP contribution in [0.2, 0.25) is 5.02 Å². The minimum atomic E-state index is -0.644. The Hall–Kier alpha value is -1.39. The number of carbonyl (C=O) groups is 1. The van der Waals surface area contributed by atoms with E-state index >= 15 is 0 Å². The van der Waals surface area contributed by atoms with Crippen LogP contribution in [0.5, 0.6) is 5.75 Å². The van der Waals surface area contributed by atoms with Crippen LogP contribution in [0.25, 0.3) is 0 Å². The fraction of sp³-hybridized carbons (Fsp3) is 0.154. The Bertz CT molecular complexity index is 580. The van der Waals surface area contributed by atoms with Crippen molar-refractivity contribution in [3.05, 3.63) is 50.9 Å². The van der Waals surface area contributed by atoms with Crippen LogP contribution in [-0.2, 0) is 0 Å². The van der Waals surface area contributed by atoms with Gasteiger partial charge in [0.25, 0.3) is 0 Å². The molecule has 0 atom stereocenters. The second-order valence-electron chi connectivity index (χ2n) is 3.67. The maximum Gasteiger partial charge on any atom is 0.210 e. The first-order valence-corrected chi connectivity index (χ1v) is 6.44. The standard InChI is InChI=1S/C13H10ClFO2S/c1-8-5-6-12(18-8)10(16)7-17-11-4-2-3-9(14)13(11)15/h2-6H,7H2,1H3. The second kappa shape index (κ2) is 5.50. The molecule has 2 nitrogen and oxygen atoms in total. The van der Waals surface area contributed by atoms with Crippen molar-refractivity contribution in [1.82, 2.24) is 0 Å². The van der Waals surface area contributed by atoms with Crippen LogP contribution in [0.4, 0.5) is 4.39 Å². The highest BCUT2D eigenvalue weighted by atomic mass is 35.5. The van der Waals surface area contributed by atoms with Gasteiger partial charge in [-0.05, 0) is 31.2 Å². The Morgan fingerprint density at radius 3 is 2.83 bits per heavy atom. The molecule has 0 N–H and O–H groups in total. The highest BCUT2D eigenvalue weighted by Crippen LogP contribution is 2.24. The molecule has 0 radical (unpaired) electrons. The van der Waals surface area contributed by atoms with E-state index in [9.17, 15) is 9.18 Å². The van der Waals surface area contributed by atoms with Crippen LogP contribution in [0.1, 0.15) is 14.5 Å². The molecule has 0 aliphatic heterocycles. The second-order valence-corrected chi connectivity index (χ2v) is 5.37. The van der Waals surface area contributed by atoms with Crippen molar-refractivity contribution >= 4 is 28.7 Å². The van der Waals surface area contributed by atoms with Gasteiger partial charge in [0.2, 0.25) is 5.78 Å². The van der Waals surface area contributed by atoms with E-state index in [4.69, 9.17) is 16.3 Å². The van der Waals surface area contributed by atoms with Crippen LogP contribution in [-0.4, -0.2) is 12.4 Å². The highest BCUT2D eigenvalue weighted by Gasteiger charge is 2.12. The molecule has 2 aromatic rings. The summed E-state index contributed by atoms with van der Waals surface area (Å²) in [6, 6.07) is 8.03. The minimum Gasteiger partial charge on any atom is -0.482 e. The summed E-state index contributed by atoms with van der Waals surface area (Å²) in [5.74, 6) is -0.828. The predicted molar refractivity (Wildman–Crippen MR) is 70.3 cm³/mol. The Morgan fingerprint density at radius 2 is 2.17 bits per heavy atom. The Kier molecular flexibility index (Phi) is 3.99. The zero-order valence-electron chi connectivity index (χ0n) is 9.57. The van der Waals surface area contributed by atoms with E-state index in [1.165, 1.54) is 23.5 Å². The fourth-order valence-electron chi connectivity index (χ4n) is 1.39. The number of thiophene rings is 1. The number of benzene rings is 1. The molecule has 0 amide bonds. The number of hydrogen-bond donors (Lipinski definition) is 0. The van der Waals surface area contributed by atoms with Crippen LogP contribution in [0, 0.1) is 12.7 Å². The molecule has 0 fully saturated rings. The summed E-state index contributed by atoms with van der Waals surface area (Å²) in [6.45, 7) is 1.72. The fourth-order valence-corrected chi connectivity index (χ4v) is 2.35. The third-order valence-corrected chi connectivity index (χ3v) is 3.62. The molecule has 94 valence electrons. The molecule has 0 unspecified atom stereocenters. The number of halogens is 2. The molecule has 1 heterocycles. The smallest absolute Gasteiger partial charge is 0.210 e. The first kappa shape index (κ1) is 13.1. The van der Waals surface area contributed by atoms with E-state index in [1.54, 1.807) is 12.1 Å². The lowest BCUT2D eigenvalue weighted by atomic mass is 10.3. The molecule has 0 aliphatic carbocycles. The molecule has 0 saturated carbocycles. The molecule has 2 rings (SSSR count). The SMILES string of the molecule is Cc1ccc(C(=O)COc2cccc(Cl)c2F)s1. The van der Waals surface area contributed by atoms with Gasteiger partial charge in [-0.1, -0.05) is 17.7 Å². The summed E-state index contributed by atoms with van der Waals surface area (Å²) in [5, 5.41) is -0.0214. The van der Waals surface area contributed by atoms with Crippen molar-refractivity contribution in [2.45, 2.75) is 6.92 Å². The van der Waals surface area contributed by atoms with Crippen molar-refractivity contribution in [1.29, 1.82) is 0 Å². The molecular formula is C13H10ClFO2S. The molecule has 5 heteroatoms.